The van der Waals surface area contributed by atoms with Crippen molar-refractivity contribution >= 4 is 11.8 Å². The molecule has 1 atom stereocenters. The van der Waals surface area contributed by atoms with Crippen LogP contribution in [0.1, 0.15) is 38.3 Å². The summed E-state index contributed by atoms with van der Waals surface area (Å²) < 4.78 is 0. The summed E-state index contributed by atoms with van der Waals surface area (Å²) >= 11 is 1.90. The SMILES string of the molecule is CNC(CCCN)c1ccc(SC(C)C)cc1. The molecular weight excluding hydrogens is 228 g/mol. The third-order valence-corrected chi connectivity index (χ3v) is 3.72. The van der Waals surface area contributed by atoms with Gasteiger partial charge in [0, 0.05) is 16.2 Å². The first kappa shape index (κ1) is 14.6. The van der Waals surface area contributed by atoms with E-state index in [-0.39, 0.29) is 0 Å². The molecule has 3 heteroatoms. The van der Waals surface area contributed by atoms with Gasteiger partial charge in [-0.2, -0.15) is 0 Å². The maximum absolute atomic E-state index is 5.56. The van der Waals surface area contributed by atoms with Crippen molar-refractivity contribution in [3.05, 3.63) is 29.8 Å². The third kappa shape index (κ3) is 5.11. The molecule has 1 aromatic carbocycles. The van der Waals surface area contributed by atoms with Gasteiger partial charge in [0.05, 0.1) is 0 Å². The minimum atomic E-state index is 0.427. The molecule has 0 aliphatic rings. The quantitative estimate of drug-likeness (QED) is 0.732. The van der Waals surface area contributed by atoms with Gasteiger partial charge in [0.1, 0.15) is 0 Å². The highest BCUT2D eigenvalue weighted by molar-refractivity contribution is 7.99. The molecule has 1 rings (SSSR count). The number of thioether (sulfide) groups is 1. The van der Waals surface area contributed by atoms with Crippen molar-refractivity contribution in [2.45, 2.75) is 42.9 Å². The second kappa shape index (κ2) is 7.75. The minimum absolute atomic E-state index is 0.427. The van der Waals surface area contributed by atoms with Crippen LogP contribution < -0.4 is 11.1 Å². The number of rotatable bonds is 7. The average molecular weight is 252 g/mol. The summed E-state index contributed by atoms with van der Waals surface area (Å²) in [4.78, 5) is 1.34. The van der Waals surface area contributed by atoms with E-state index in [9.17, 15) is 0 Å². The molecule has 0 amide bonds. The van der Waals surface area contributed by atoms with Gasteiger partial charge in [-0.15, -0.1) is 11.8 Å². The first-order valence-electron chi connectivity index (χ1n) is 6.31. The molecule has 0 aliphatic carbocycles. The highest BCUT2D eigenvalue weighted by Gasteiger charge is 2.08. The summed E-state index contributed by atoms with van der Waals surface area (Å²) in [6, 6.07) is 9.31. The Balaban J connectivity index is 2.64. The largest absolute Gasteiger partial charge is 0.330 e. The fourth-order valence-electron chi connectivity index (χ4n) is 1.85. The number of hydrogen-bond donors (Lipinski definition) is 2. The van der Waals surface area contributed by atoms with E-state index in [0.29, 0.717) is 11.3 Å². The Morgan fingerprint density at radius 3 is 2.35 bits per heavy atom. The maximum atomic E-state index is 5.56. The van der Waals surface area contributed by atoms with Crippen LogP contribution in [0, 0.1) is 0 Å². The van der Waals surface area contributed by atoms with Crippen molar-refractivity contribution < 1.29 is 0 Å². The molecule has 0 saturated carbocycles. The number of nitrogens with two attached hydrogens (primary N) is 1. The molecule has 0 saturated heterocycles. The first-order chi connectivity index (χ1) is 8.17. The number of benzene rings is 1. The number of hydrogen-bond acceptors (Lipinski definition) is 3. The molecule has 3 N–H and O–H groups in total. The third-order valence-electron chi connectivity index (χ3n) is 2.70. The molecule has 0 heterocycles. The van der Waals surface area contributed by atoms with Crippen LogP contribution in [-0.2, 0) is 0 Å². The van der Waals surface area contributed by atoms with Crippen LogP contribution in [0.3, 0.4) is 0 Å². The van der Waals surface area contributed by atoms with Crippen LogP contribution in [0.4, 0.5) is 0 Å². The van der Waals surface area contributed by atoms with Gasteiger partial charge < -0.3 is 11.1 Å². The highest BCUT2D eigenvalue weighted by Crippen LogP contribution is 2.25. The van der Waals surface area contributed by atoms with Gasteiger partial charge in [-0.1, -0.05) is 26.0 Å². The average Bonchev–Trinajstić information content (AvgIpc) is 2.31. The van der Waals surface area contributed by atoms with Crippen LogP contribution in [0.5, 0.6) is 0 Å². The van der Waals surface area contributed by atoms with Crippen LogP contribution in [0.2, 0.25) is 0 Å². The molecule has 2 nitrogen and oxygen atoms in total. The predicted molar refractivity (Wildman–Crippen MR) is 77.5 cm³/mol. The predicted octanol–water partition coefficient (Wildman–Crippen LogP) is 3.19. The van der Waals surface area contributed by atoms with Crippen LogP contribution >= 0.6 is 11.8 Å². The van der Waals surface area contributed by atoms with Gasteiger partial charge in [-0.3, -0.25) is 0 Å². The van der Waals surface area contributed by atoms with E-state index in [0.717, 1.165) is 19.4 Å². The molecule has 96 valence electrons. The Kier molecular flexibility index (Phi) is 6.63. The fourth-order valence-corrected chi connectivity index (χ4v) is 2.69. The Morgan fingerprint density at radius 2 is 1.88 bits per heavy atom. The van der Waals surface area contributed by atoms with Gasteiger partial charge in [0.25, 0.3) is 0 Å². The van der Waals surface area contributed by atoms with Crippen molar-refractivity contribution in [2.24, 2.45) is 5.73 Å². The zero-order valence-electron chi connectivity index (χ0n) is 11.1. The number of nitrogens with one attached hydrogen (secondary N) is 1. The Bertz CT molecular complexity index is 309. The molecule has 0 aromatic heterocycles. The lowest BCUT2D eigenvalue weighted by Crippen LogP contribution is -2.17. The van der Waals surface area contributed by atoms with E-state index in [4.69, 9.17) is 5.73 Å². The second-order valence-corrected chi connectivity index (χ2v) is 6.16. The summed E-state index contributed by atoms with van der Waals surface area (Å²) in [7, 11) is 2.01. The summed E-state index contributed by atoms with van der Waals surface area (Å²) in [5.74, 6) is 0. The van der Waals surface area contributed by atoms with E-state index in [1.807, 2.05) is 18.8 Å². The van der Waals surface area contributed by atoms with Gasteiger partial charge in [-0.05, 0) is 44.1 Å². The van der Waals surface area contributed by atoms with E-state index >= 15 is 0 Å². The van der Waals surface area contributed by atoms with Crippen LogP contribution in [0.25, 0.3) is 0 Å². The molecule has 1 unspecified atom stereocenters. The van der Waals surface area contributed by atoms with Crippen molar-refractivity contribution in [1.82, 2.24) is 5.32 Å². The topological polar surface area (TPSA) is 38.0 Å². The van der Waals surface area contributed by atoms with E-state index in [1.54, 1.807) is 0 Å². The molecule has 0 fully saturated rings. The van der Waals surface area contributed by atoms with Gasteiger partial charge in [-0.25, -0.2) is 0 Å². The van der Waals surface area contributed by atoms with Crippen molar-refractivity contribution in [3.63, 3.8) is 0 Å². The summed E-state index contributed by atoms with van der Waals surface area (Å²) in [5, 5.41) is 3.99. The van der Waals surface area contributed by atoms with E-state index < -0.39 is 0 Å². The van der Waals surface area contributed by atoms with Gasteiger partial charge >= 0.3 is 0 Å². The molecule has 0 bridgehead atoms. The lowest BCUT2D eigenvalue weighted by Gasteiger charge is -2.16. The van der Waals surface area contributed by atoms with Crippen LogP contribution in [-0.4, -0.2) is 18.8 Å². The van der Waals surface area contributed by atoms with Gasteiger partial charge in [0.15, 0.2) is 0 Å². The monoisotopic (exact) mass is 252 g/mol. The second-order valence-electron chi connectivity index (χ2n) is 4.51. The Hall–Kier alpha value is -0.510. The molecule has 1 aromatic rings. The van der Waals surface area contributed by atoms with E-state index in [2.05, 4.69) is 43.4 Å². The normalized spacial score (nSPS) is 13.0. The molecule has 0 aliphatic heterocycles. The molecular formula is C14H24N2S. The summed E-state index contributed by atoms with van der Waals surface area (Å²) in [6.07, 6.45) is 2.16. The zero-order valence-corrected chi connectivity index (χ0v) is 11.9. The van der Waals surface area contributed by atoms with Crippen LogP contribution in [0.15, 0.2) is 29.2 Å². The first-order valence-corrected chi connectivity index (χ1v) is 7.19. The molecule has 0 spiro atoms. The van der Waals surface area contributed by atoms with E-state index in [1.165, 1.54) is 10.5 Å². The fraction of sp³-hybridized carbons (Fsp3) is 0.571. The molecule has 0 radical (unpaired) electrons. The summed E-state index contributed by atoms with van der Waals surface area (Å²) in [6.45, 7) is 5.20. The Morgan fingerprint density at radius 1 is 1.24 bits per heavy atom. The van der Waals surface area contributed by atoms with Gasteiger partial charge in [0.2, 0.25) is 0 Å². The zero-order chi connectivity index (χ0) is 12.7. The Labute approximate surface area is 109 Å². The minimum Gasteiger partial charge on any atom is -0.330 e. The van der Waals surface area contributed by atoms with Crippen molar-refractivity contribution in [2.75, 3.05) is 13.6 Å². The highest BCUT2D eigenvalue weighted by atomic mass is 32.2. The summed E-state index contributed by atoms with van der Waals surface area (Å²) in [5.41, 5.74) is 6.91. The lowest BCUT2D eigenvalue weighted by atomic mass is 10.0. The maximum Gasteiger partial charge on any atom is 0.0318 e. The molecule has 17 heavy (non-hydrogen) atoms. The lowest BCUT2D eigenvalue weighted by molar-refractivity contribution is 0.531. The standard InChI is InChI=1S/C14H24N2S/c1-11(2)17-13-8-6-12(7-9-13)14(16-3)5-4-10-15/h6-9,11,14,16H,4-5,10,15H2,1-3H3. The van der Waals surface area contributed by atoms with Crippen molar-refractivity contribution in [3.8, 4) is 0 Å². The smallest absolute Gasteiger partial charge is 0.0318 e. The van der Waals surface area contributed by atoms with Crippen molar-refractivity contribution in [1.29, 1.82) is 0 Å².